The number of hydrogen-bond acceptors (Lipinski definition) is 3. The van der Waals surface area contributed by atoms with Crippen LogP contribution in [-0.4, -0.2) is 18.0 Å². The van der Waals surface area contributed by atoms with E-state index < -0.39 is 11.8 Å². The number of rotatable bonds is 3. The Balaban J connectivity index is 1.95. The first kappa shape index (κ1) is 17.1. The van der Waals surface area contributed by atoms with Gasteiger partial charge in [-0.1, -0.05) is 24.3 Å². The molecule has 0 unspecified atom stereocenters. The third-order valence-corrected chi connectivity index (χ3v) is 3.96. The van der Waals surface area contributed by atoms with E-state index in [0.717, 1.165) is 20.3 Å². The summed E-state index contributed by atoms with van der Waals surface area (Å²) in [6.45, 7) is 3.83. The van der Waals surface area contributed by atoms with Crippen molar-refractivity contribution >= 4 is 46.3 Å². The van der Waals surface area contributed by atoms with E-state index in [4.69, 9.17) is 0 Å². The molecule has 0 saturated heterocycles. The van der Waals surface area contributed by atoms with Crippen LogP contribution in [0.15, 0.2) is 47.6 Å². The standard InChI is InChI=1S/C17H16IN3O2/c1-11-5-3-8-15(12(11)2)20-16(22)17(23)21-19-10-13-6-4-7-14(18)9-13/h3-10H,1-2H3,(H,20,22)(H,21,23)/b19-10+. The third-order valence-electron chi connectivity index (χ3n) is 3.29. The summed E-state index contributed by atoms with van der Waals surface area (Å²) in [5.41, 5.74) is 5.65. The van der Waals surface area contributed by atoms with Crippen molar-refractivity contribution in [3.63, 3.8) is 0 Å². The highest BCUT2D eigenvalue weighted by Crippen LogP contribution is 2.17. The lowest BCUT2D eigenvalue weighted by atomic mass is 10.1. The van der Waals surface area contributed by atoms with Crippen molar-refractivity contribution in [1.82, 2.24) is 5.43 Å². The molecule has 2 amide bonds. The summed E-state index contributed by atoms with van der Waals surface area (Å²) in [6, 6.07) is 13.1. The summed E-state index contributed by atoms with van der Waals surface area (Å²) in [5, 5.41) is 6.38. The molecule has 0 saturated carbocycles. The van der Waals surface area contributed by atoms with Crippen LogP contribution >= 0.6 is 22.6 Å². The fourth-order valence-electron chi connectivity index (χ4n) is 1.87. The van der Waals surface area contributed by atoms with Gasteiger partial charge >= 0.3 is 11.8 Å². The number of nitrogens with zero attached hydrogens (tertiary/aromatic N) is 1. The Kier molecular flexibility index (Phi) is 5.86. The SMILES string of the molecule is Cc1cccc(NC(=O)C(=O)N/N=C/c2cccc(I)c2)c1C. The zero-order valence-corrected chi connectivity index (χ0v) is 14.9. The number of hydrogen-bond donors (Lipinski definition) is 2. The Hall–Kier alpha value is -2.22. The lowest BCUT2D eigenvalue weighted by molar-refractivity contribution is -0.136. The molecule has 0 spiro atoms. The number of aryl methyl sites for hydroxylation is 1. The number of halogens is 1. The molecule has 6 heteroatoms. The molecule has 2 aromatic carbocycles. The van der Waals surface area contributed by atoms with Crippen LogP contribution < -0.4 is 10.7 Å². The molecular formula is C17H16IN3O2. The zero-order valence-electron chi connectivity index (χ0n) is 12.8. The first-order chi connectivity index (χ1) is 11.0. The fraction of sp³-hybridized carbons (Fsp3) is 0.118. The van der Waals surface area contributed by atoms with E-state index >= 15 is 0 Å². The van der Waals surface area contributed by atoms with E-state index in [1.807, 2.05) is 50.2 Å². The van der Waals surface area contributed by atoms with E-state index in [0.29, 0.717) is 5.69 Å². The van der Waals surface area contributed by atoms with E-state index in [9.17, 15) is 9.59 Å². The highest BCUT2D eigenvalue weighted by atomic mass is 127. The monoisotopic (exact) mass is 421 g/mol. The van der Waals surface area contributed by atoms with Gasteiger partial charge in [-0.05, 0) is 71.3 Å². The number of benzene rings is 2. The summed E-state index contributed by atoms with van der Waals surface area (Å²) < 4.78 is 1.06. The van der Waals surface area contributed by atoms with Gasteiger partial charge in [0.15, 0.2) is 0 Å². The van der Waals surface area contributed by atoms with Crippen molar-refractivity contribution in [2.24, 2.45) is 5.10 Å². The molecule has 5 nitrogen and oxygen atoms in total. The van der Waals surface area contributed by atoms with Crippen LogP contribution in [0, 0.1) is 17.4 Å². The molecule has 0 atom stereocenters. The Labute approximate surface area is 148 Å². The molecule has 0 heterocycles. The van der Waals surface area contributed by atoms with Gasteiger partial charge < -0.3 is 5.32 Å². The molecule has 0 aliphatic rings. The Bertz CT molecular complexity index is 772. The Morgan fingerprint density at radius 1 is 1.09 bits per heavy atom. The second kappa shape index (κ2) is 7.87. The molecular weight excluding hydrogens is 405 g/mol. The lowest BCUT2D eigenvalue weighted by Crippen LogP contribution is -2.32. The average Bonchev–Trinajstić information content (AvgIpc) is 2.51. The summed E-state index contributed by atoms with van der Waals surface area (Å²) in [5.74, 6) is -1.56. The van der Waals surface area contributed by atoms with E-state index in [2.05, 4.69) is 38.4 Å². The van der Waals surface area contributed by atoms with E-state index in [1.165, 1.54) is 6.21 Å². The molecule has 0 aliphatic carbocycles. The van der Waals surface area contributed by atoms with Crippen LogP contribution in [0.2, 0.25) is 0 Å². The molecule has 118 valence electrons. The Morgan fingerprint density at radius 2 is 1.83 bits per heavy atom. The van der Waals surface area contributed by atoms with Gasteiger partial charge in [-0.15, -0.1) is 0 Å². The number of carbonyl (C=O) groups excluding carboxylic acids is 2. The Morgan fingerprint density at radius 3 is 2.57 bits per heavy atom. The fourth-order valence-corrected chi connectivity index (χ4v) is 2.44. The first-order valence-electron chi connectivity index (χ1n) is 6.93. The van der Waals surface area contributed by atoms with Gasteiger partial charge in [0, 0.05) is 9.26 Å². The van der Waals surface area contributed by atoms with Gasteiger partial charge in [-0.25, -0.2) is 5.43 Å². The minimum atomic E-state index is -0.812. The molecule has 0 bridgehead atoms. The van der Waals surface area contributed by atoms with Crippen molar-refractivity contribution in [2.75, 3.05) is 5.32 Å². The maximum atomic E-state index is 11.9. The summed E-state index contributed by atoms with van der Waals surface area (Å²) in [6.07, 6.45) is 1.49. The van der Waals surface area contributed by atoms with Crippen LogP contribution in [0.4, 0.5) is 5.69 Å². The number of amides is 2. The summed E-state index contributed by atoms with van der Waals surface area (Å²) in [7, 11) is 0. The van der Waals surface area contributed by atoms with Crippen molar-refractivity contribution < 1.29 is 9.59 Å². The van der Waals surface area contributed by atoms with Crippen molar-refractivity contribution in [2.45, 2.75) is 13.8 Å². The van der Waals surface area contributed by atoms with Crippen molar-refractivity contribution in [1.29, 1.82) is 0 Å². The lowest BCUT2D eigenvalue weighted by Gasteiger charge is -2.09. The van der Waals surface area contributed by atoms with E-state index in [-0.39, 0.29) is 0 Å². The van der Waals surface area contributed by atoms with Crippen LogP contribution in [0.5, 0.6) is 0 Å². The topological polar surface area (TPSA) is 70.6 Å². The van der Waals surface area contributed by atoms with Crippen LogP contribution in [0.1, 0.15) is 16.7 Å². The van der Waals surface area contributed by atoms with E-state index in [1.54, 1.807) is 6.07 Å². The smallest absolute Gasteiger partial charge is 0.317 e. The van der Waals surface area contributed by atoms with Crippen molar-refractivity contribution in [3.05, 3.63) is 62.7 Å². The molecule has 0 aliphatic heterocycles. The maximum Gasteiger partial charge on any atom is 0.329 e. The molecule has 2 aromatic rings. The van der Waals surface area contributed by atoms with Gasteiger partial charge in [0.25, 0.3) is 0 Å². The molecule has 2 N–H and O–H groups in total. The number of hydrazone groups is 1. The molecule has 0 radical (unpaired) electrons. The van der Waals surface area contributed by atoms with Gasteiger partial charge in [0.2, 0.25) is 0 Å². The maximum absolute atomic E-state index is 11.9. The first-order valence-corrected chi connectivity index (χ1v) is 8.01. The normalized spacial score (nSPS) is 10.6. The third kappa shape index (κ3) is 4.88. The largest absolute Gasteiger partial charge is 0.329 e. The summed E-state index contributed by atoms with van der Waals surface area (Å²) in [4.78, 5) is 23.6. The summed E-state index contributed by atoms with van der Waals surface area (Å²) >= 11 is 2.19. The minimum Gasteiger partial charge on any atom is -0.317 e. The number of nitrogens with one attached hydrogen (secondary N) is 2. The second-order valence-electron chi connectivity index (χ2n) is 4.96. The predicted molar refractivity (Wildman–Crippen MR) is 99.4 cm³/mol. The highest BCUT2D eigenvalue weighted by Gasteiger charge is 2.14. The minimum absolute atomic E-state index is 0.617. The number of anilines is 1. The van der Waals surface area contributed by atoms with Crippen LogP contribution in [0.3, 0.4) is 0 Å². The van der Waals surface area contributed by atoms with Gasteiger partial charge in [-0.3, -0.25) is 9.59 Å². The zero-order chi connectivity index (χ0) is 16.8. The average molecular weight is 421 g/mol. The molecule has 2 rings (SSSR count). The highest BCUT2D eigenvalue weighted by molar-refractivity contribution is 14.1. The number of carbonyl (C=O) groups is 2. The van der Waals surface area contributed by atoms with Gasteiger partial charge in [0.1, 0.15) is 0 Å². The van der Waals surface area contributed by atoms with Gasteiger partial charge in [-0.2, -0.15) is 5.10 Å². The van der Waals surface area contributed by atoms with Crippen LogP contribution in [-0.2, 0) is 9.59 Å². The predicted octanol–water partition coefficient (Wildman–Crippen LogP) is 3.00. The molecule has 0 aromatic heterocycles. The van der Waals surface area contributed by atoms with Crippen LogP contribution in [0.25, 0.3) is 0 Å². The molecule has 0 fully saturated rings. The van der Waals surface area contributed by atoms with Gasteiger partial charge in [0.05, 0.1) is 6.21 Å². The van der Waals surface area contributed by atoms with Crippen molar-refractivity contribution in [3.8, 4) is 0 Å². The second-order valence-corrected chi connectivity index (χ2v) is 6.20. The molecule has 23 heavy (non-hydrogen) atoms. The quantitative estimate of drug-likeness (QED) is 0.346.